The lowest BCUT2D eigenvalue weighted by Gasteiger charge is -2.12. The molecule has 0 aliphatic carbocycles. The molecule has 1 atom stereocenters. The van der Waals surface area contributed by atoms with Crippen molar-refractivity contribution in [2.75, 3.05) is 30.8 Å². The molecule has 0 spiro atoms. The molecule has 7 heteroatoms. The van der Waals surface area contributed by atoms with Gasteiger partial charge in [0.1, 0.15) is 5.82 Å². The smallest absolute Gasteiger partial charge is 0.222 e. The third kappa shape index (κ3) is 3.51. The molecule has 3 N–H and O–H groups in total. The van der Waals surface area contributed by atoms with E-state index in [0.717, 1.165) is 49.7 Å². The zero-order valence-corrected chi connectivity index (χ0v) is 14.7. The lowest BCUT2D eigenvalue weighted by atomic mass is 10.0. The topological polar surface area (TPSA) is 90.9 Å². The Morgan fingerprint density at radius 2 is 2.21 bits per heavy atom. The molecule has 0 bridgehead atoms. The molecule has 3 rings (SSSR count). The first kappa shape index (κ1) is 16.7. The molecule has 3 heterocycles. The van der Waals surface area contributed by atoms with Crippen LogP contribution in [0.3, 0.4) is 0 Å². The molecule has 0 aromatic carbocycles. The van der Waals surface area contributed by atoms with Gasteiger partial charge >= 0.3 is 0 Å². The van der Waals surface area contributed by atoms with E-state index in [-0.39, 0.29) is 0 Å². The zero-order chi connectivity index (χ0) is 17.1. The average molecular weight is 330 g/mol. The quantitative estimate of drug-likeness (QED) is 0.842. The van der Waals surface area contributed by atoms with Crippen LogP contribution in [0.2, 0.25) is 0 Å². The Balaban J connectivity index is 1.64. The second-order valence-electron chi connectivity index (χ2n) is 6.25. The van der Waals surface area contributed by atoms with Gasteiger partial charge in [0.2, 0.25) is 5.95 Å². The maximum atomic E-state index is 5.85. The highest BCUT2D eigenvalue weighted by Crippen LogP contribution is 2.25. The Hall–Kier alpha value is -2.15. The molecule has 7 nitrogen and oxygen atoms in total. The van der Waals surface area contributed by atoms with Crippen LogP contribution in [0.1, 0.15) is 41.9 Å². The van der Waals surface area contributed by atoms with Crippen molar-refractivity contribution in [3.8, 4) is 0 Å². The maximum Gasteiger partial charge on any atom is 0.222 e. The van der Waals surface area contributed by atoms with E-state index in [2.05, 4.69) is 45.8 Å². The molecule has 2 aromatic heterocycles. The summed E-state index contributed by atoms with van der Waals surface area (Å²) < 4.78 is 7.49. The molecule has 24 heavy (non-hydrogen) atoms. The van der Waals surface area contributed by atoms with Crippen LogP contribution < -0.4 is 11.1 Å². The zero-order valence-electron chi connectivity index (χ0n) is 14.7. The maximum absolute atomic E-state index is 5.85. The van der Waals surface area contributed by atoms with Gasteiger partial charge in [-0.05, 0) is 32.3 Å². The number of nitrogens with one attached hydrogen (secondary N) is 1. The van der Waals surface area contributed by atoms with Crippen molar-refractivity contribution in [2.24, 2.45) is 0 Å². The average Bonchev–Trinajstić information content (AvgIpc) is 3.16. The van der Waals surface area contributed by atoms with Crippen LogP contribution in [-0.4, -0.2) is 39.5 Å². The fraction of sp³-hybridized carbons (Fsp3) is 0.588. The highest BCUT2D eigenvalue weighted by Gasteiger charge is 2.20. The molecule has 1 saturated heterocycles. The van der Waals surface area contributed by atoms with Crippen molar-refractivity contribution in [2.45, 2.75) is 46.1 Å². The normalized spacial score (nSPS) is 17.4. The molecule has 0 radical (unpaired) electrons. The van der Waals surface area contributed by atoms with E-state index in [1.165, 1.54) is 11.3 Å². The van der Waals surface area contributed by atoms with Crippen LogP contribution in [0.15, 0.2) is 6.07 Å². The largest absolute Gasteiger partial charge is 0.381 e. The van der Waals surface area contributed by atoms with Gasteiger partial charge in [-0.1, -0.05) is 6.92 Å². The molecule has 0 saturated carbocycles. The minimum Gasteiger partial charge on any atom is -0.381 e. The van der Waals surface area contributed by atoms with E-state index in [9.17, 15) is 0 Å². The Kier molecular flexibility index (Phi) is 4.99. The number of aryl methyl sites for hydroxylation is 1. The number of hydrogen-bond donors (Lipinski definition) is 2. The van der Waals surface area contributed by atoms with Crippen molar-refractivity contribution < 1.29 is 4.74 Å². The molecule has 1 fully saturated rings. The summed E-state index contributed by atoms with van der Waals surface area (Å²) >= 11 is 0. The lowest BCUT2D eigenvalue weighted by Crippen LogP contribution is -2.15. The highest BCUT2D eigenvalue weighted by atomic mass is 16.5. The molecular formula is C17H26N6O. The second kappa shape index (κ2) is 7.17. The summed E-state index contributed by atoms with van der Waals surface area (Å²) in [6, 6.07) is 1.98. The van der Waals surface area contributed by atoms with Crippen molar-refractivity contribution in [3.05, 3.63) is 28.7 Å². The number of hydrogen-bond acceptors (Lipinski definition) is 6. The second-order valence-corrected chi connectivity index (χ2v) is 6.25. The summed E-state index contributed by atoms with van der Waals surface area (Å²) in [5.41, 5.74) is 10.5. The minimum atomic E-state index is 0.307. The molecule has 2 aromatic rings. The SMILES string of the molecule is CCc1c(C)nn(CCNc2cc([C@@H]3CCOC3)nc(N)n2)c1C. The number of ether oxygens (including phenoxy) is 1. The van der Waals surface area contributed by atoms with Crippen LogP contribution >= 0.6 is 0 Å². The Morgan fingerprint density at radius 3 is 2.88 bits per heavy atom. The fourth-order valence-corrected chi connectivity index (χ4v) is 3.31. The van der Waals surface area contributed by atoms with Gasteiger partial charge in [0.15, 0.2) is 0 Å². The van der Waals surface area contributed by atoms with Crippen LogP contribution in [0, 0.1) is 13.8 Å². The molecule has 0 unspecified atom stereocenters. The van der Waals surface area contributed by atoms with E-state index in [1.807, 2.05) is 6.07 Å². The number of anilines is 2. The van der Waals surface area contributed by atoms with Gasteiger partial charge in [0, 0.05) is 30.8 Å². The Morgan fingerprint density at radius 1 is 1.38 bits per heavy atom. The van der Waals surface area contributed by atoms with E-state index in [4.69, 9.17) is 10.5 Å². The Bertz CT molecular complexity index is 705. The number of nitrogens with zero attached hydrogens (tertiary/aromatic N) is 4. The van der Waals surface area contributed by atoms with Crippen molar-refractivity contribution in [1.82, 2.24) is 19.7 Å². The van der Waals surface area contributed by atoms with Gasteiger partial charge in [-0.3, -0.25) is 4.68 Å². The number of aromatic nitrogens is 4. The van der Waals surface area contributed by atoms with Gasteiger partial charge in [0.25, 0.3) is 0 Å². The summed E-state index contributed by atoms with van der Waals surface area (Å²) in [5, 5.41) is 7.95. The monoisotopic (exact) mass is 330 g/mol. The first-order chi connectivity index (χ1) is 11.6. The first-order valence-electron chi connectivity index (χ1n) is 8.57. The minimum absolute atomic E-state index is 0.307. The standard InChI is InChI=1S/C17H26N6O/c1-4-14-11(2)22-23(12(14)3)7-6-19-16-9-15(20-17(18)21-16)13-5-8-24-10-13/h9,13H,4-8,10H2,1-3H3,(H3,18,19,20,21)/t13-/m1/s1. The van der Waals surface area contributed by atoms with Crippen LogP contribution in [0.4, 0.5) is 11.8 Å². The van der Waals surface area contributed by atoms with Gasteiger partial charge in [-0.15, -0.1) is 0 Å². The number of nitrogen functional groups attached to an aromatic ring is 1. The first-order valence-corrected chi connectivity index (χ1v) is 8.57. The summed E-state index contributed by atoms with van der Waals surface area (Å²) in [6.07, 6.45) is 2.00. The molecular weight excluding hydrogens is 304 g/mol. The van der Waals surface area contributed by atoms with E-state index in [0.29, 0.717) is 18.5 Å². The molecule has 130 valence electrons. The van der Waals surface area contributed by atoms with Crippen LogP contribution in [-0.2, 0) is 17.7 Å². The third-order valence-electron chi connectivity index (χ3n) is 4.63. The lowest BCUT2D eigenvalue weighted by molar-refractivity contribution is 0.193. The Labute approximate surface area is 142 Å². The van der Waals surface area contributed by atoms with Crippen LogP contribution in [0.25, 0.3) is 0 Å². The molecule has 1 aliphatic heterocycles. The summed E-state index contributed by atoms with van der Waals surface area (Å²) in [5.74, 6) is 1.39. The number of nitrogens with two attached hydrogens (primary N) is 1. The van der Waals surface area contributed by atoms with Gasteiger partial charge in [-0.25, -0.2) is 4.98 Å². The van der Waals surface area contributed by atoms with Crippen molar-refractivity contribution in [1.29, 1.82) is 0 Å². The van der Waals surface area contributed by atoms with E-state index in [1.54, 1.807) is 0 Å². The predicted octanol–water partition coefficient (Wildman–Crippen LogP) is 2.05. The van der Waals surface area contributed by atoms with Gasteiger partial charge in [0.05, 0.1) is 24.5 Å². The summed E-state index contributed by atoms with van der Waals surface area (Å²) in [7, 11) is 0. The molecule has 1 aliphatic rings. The molecule has 0 amide bonds. The predicted molar refractivity (Wildman–Crippen MR) is 94.2 cm³/mol. The van der Waals surface area contributed by atoms with Crippen molar-refractivity contribution in [3.63, 3.8) is 0 Å². The highest BCUT2D eigenvalue weighted by molar-refractivity contribution is 5.41. The van der Waals surface area contributed by atoms with Gasteiger partial charge < -0.3 is 15.8 Å². The fourth-order valence-electron chi connectivity index (χ4n) is 3.31. The van der Waals surface area contributed by atoms with E-state index >= 15 is 0 Å². The van der Waals surface area contributed by atoms with Crippen molar-refractivity contribution >= 4 is 11.8 Å². The third-order valence-corrected chi connectivity index (χ3v) is 4.63. The van der Waals surface area contributed by atoms with E-state index < -0.39 is 0 Å². The summed E-state index contributed by atoms with van der Waals surface area (Å²) in [6.45, 7) is 9.38. The number of rotatable bonds is 6. The van der Waals surface area contributed by atoms with Crippen LogP contribution in [0.5, 0.6) is 0 Å². The van der Waals surface area contributed by atoms with Gasteiger partial charge in [-0.2, -0.15) is 10.1 Å². The summed E-state index contributed by atoms with van der Waals surface area (Å²) in [4.78, 5) is 8.63.